The van der Waals surface area contributed by atoms with E-state index in [2.05, 4.69) is 32.7 Å². The van der Waals surface area contributed by atoms with Crippen LogP contribution in [0.4, 0.5) is 11.5 Å². The third-order valence-electron chi connectivity index (χ3n) is 8.48. The van der Waals surface area contributed by atoms with Crippen molar-refractivity contribution in [1.82, 2.24) is 24.1 Å². The molecule has 4 aliphatic rings. The average Bonchev–Trinajstić information content (AvgIpc) is 3.79. The predicted molar refractivity (Wildman–Crippen MR) is 147 cm³/mol. The lowest BCUT2D eigenvalue weighted by Gasteiger charge is -2.33. The Morgan fingerprint density at radius 3 is 2.53 bits per heavy atom. The summed E-state index contributed by atoms with van der Waals surface area (Å²) in [6, 6.07) is 6.23. The van der Waals surface area contributed by atoms with E-state index >= 15 is 0 Å². The minimum Gasteiger partial charge on any atom is -0.450 e. The molecule has 4 heterocycles. The fourth-order valence-corrected chi connectivity index (χ4v) is 7.91. The molecule has 1 aliphatic carbocycles. The van der Waals surface area contributed by atoms with E-state index in [1.807, 2.05) is 19.3 Å². The van der Waals surface area contributed by atoms with Crippen molar-refractivity contribution in [3.63, 3.8) is 0 Å². The van der Waals surface area contributed by atoms with Crippen LogP contribution < -0.4 is 21.1 Å². The van der Waals surface area contributed by atoms with Gasteiger partial charge in [0.15, 0.2) is 17.3 Å². The fraction of sp³-hybridized carbons (Fsp3) is 0.630. The molecule has 206 valence electrons. The van der Waals surface area contributed by atoms with Crippen LogP contribution in [0.1, 0.15) is 62.5 Å². The Hall–Kier alpha value is -2.47. The van der Waals surface area contributed by atoms with Crippen LogP contribution in [0.3, 0.4) is 0 Å². The van der Waals surface area contributed by atoms with Gasteiger partial charge in [0.05, 0.1) is 17.1 Å². The lowest BCUT2D eigenvalue weighted by Crippen LogP contribution is -2.39. The highest BCUT2D eigenvalue weighted by molar-refractivity contribution is 7.90. The van der Waals surface area contributed by atoms with E-state index in [1.54, 1.807) is 8.87 Å². The van der Waals surface area contributed by atoms with Gasteiger partial charge in [-0.1, -0.05) is 6.07 Å². The quantitative estimate of drug-likeness (QED) is 0.418. The lowest BCUT2D eigenvalue weighted by atomic mass is 9.90. The summed E-state index contributed by atoms with van der Waals surface area (Å²) < 4.78 is 34.8. The first kappa shape index (κ1) is 25.8. The number of anilines is 2. The number of benzene rings is 1. The van der Waals surface area contributed by atoms with E-state index in [0.29, 0.717) is 36.3 Å². The molecular formula is C27H38N6O4S. The second-order valence-corrected chi connectivity index (χ2v) is 13.3. The number of piperidine rings is 2. The summed E-state index contributed by atoms with van der Waals surface area (Å²) in [6.45, 7) is 5.20. The first-order chi connectivity index (χ1) is 18.4. The van der Waals surface area contributed by atoms with Gasteiger partial charge in [-0.15, -0.1) is 0 Å². The Balaban J connectivity index is 1.10. The zero-order chi connectivity index (χ0) is 26.3. The molecule has 3 fully saturated rings. The molecule has 2 saturated heterocycles. The summed E-state index contributed by atoms with van der Waals surface area (Å²) in [4.78, 5) is 19.8. The van der Waals surface area contributed by atoms with Gasteiger partial charge in [-0.25, -0.2) is 17.5 Å². The van der Waals surface area contributed by atoms with Gasteiger partial charge in [-0.3, -0.25) is 4.57 Å². The van der Waals surface area contributed by atoms with E-state index in [0.717, 1.165) is 82.4 Å². The molecule has 0 atom stereocenters. The number of nitrogens with one attached hydrogen (secondary N) is 2. The van der Waals surface area contributed by atoms with Crippen molar-refractivity contribution in [3.8, 4) is 11.5 Å². The summed E-state index contributed by atoms with van der Waals surface area (Å²) in [5, 5.41) is 6.36. The zero-order valence-corrected chi connectivity index (χ0v) is 22.9. The van der Waals surface area contributed by atoms with Gasteiger partial charge in [0.1, 0.15) is 0 Å². The molecule has 1 saturated carbocycles. The molecule has 11 heteroatoms. The molecular weight excluding hydrogens is 504 g/mol. The van der Waals surface area contributed by atoms with Crippen LogP contribution in [-0.4, -0.2) is 78.7 Å². The van der Waals surface area contributed by atoms with Crippen molar-refractivity contribution in [2.24, 2.45) is 0 Å². The van der Waals surface area contributed by atoms with Gasteiger partial charge < -0.3 is 20.3 Å². The third-order valence-corrected chi connectivity index (χ3v) is 10.9. The van der Waals surface area contributed by atoms with E-state index in [-0.39, 0.29) is 17.0 Å². The summed E-state index contributed by atoms with van der Waals surface area (Å²) in [7, 11) is -1.13. The smallest absolute Gasteiger partial charge is 0.350 e. The first-order valence-electron chi connectivity index (χ1n) is 14.0. The second-order valence-electron chi connectivity index (χ2n) is 11.1. The highest BCUT2D eigenvalue weighted by Gasteiger charge is 2.41. The Morgan fingerprint density at radius 1 is 1.05 bits per heavy atom. The van der Waals surface area contributed by atoms with Gasteiger partial charge >= 0.3 is 5.69 Å². The van der Waals surface area contributed by atoms with Gasteiger partial charge in [0.25, 0.3) is 0 Å². The Kier molecular flexibility index (Phi) is 7.19. The summed E-state index contributed by atoms with van der Waals surface area (Å²) >= 11 is 0. The maximum Gasteiger partial charge on any atom is 0.350 e. The molecule has 1 aromatic heterocycles. The molecule has 6 rings (SSSR count). The standard InChI is InChI=1S/C27H38N6O4S/c1-28-11-2-12-31-13-9-21(10-14-31)33-18-25-26(30-27(33)34)29-23-17-20(3-6-24(23)37-25)19-7-15-32(16-8-19)38(35,36)22-4-5-22/h3,6,17-19,21-22,28H,2,4-5,7-16H2,1H3,(H,29,30,34). The number of likely N-dealkylation sites (tertiary alicyclic amines) is 1. The molecule has 0 spiro atoms. The molecule has 0 amide bonds. The molecule has 2 aromatic rings. The maximum atomic E-state index is 13.0. The first-order valence-corrected chi connectivity index (χ1v) is 15.5. The number of ether oxygens (including phenoxy) is 1. The van der Waals surface area contributed by atoms with Crippen molar-refractivity contribution in [3.05, 3.63) is 40.4 Å². The summed E-state index contributed by atoms with van der Waals surface area (Å²) in [5.41, 5.74) is 1.70. The average molecular weight is 543 g/mol. The normalized spacial score (nSPS) is 21.4. The number of nitrogens with zero attached hydrogens (tertiary/aromatic N) is 4. The minimum absolute atomic E-state index is 0.128. The monoisotopic (exact) mass is 542 g/mol. The predicted octanol–water partition coefficient (Wildman–Crippen LogP) is 3.01. The van der Waals surface area contributed by atoms with Gasteiger partial charge in [0.2, 0.25) is 10.0 Å². The van der Waals surface area contributed by atoms with Gasteiger partial charge in [0, 0.05) is 32.2 Å². The molecule has 10 nitrogen and oxygen atoms in total. The van der Waals surface area contributed by atoms with Crippen LogP contribution in [0.2, 0.25) is 0 Å². The third kappa shape index (κ3) is 5.21. The molecule has 0 radical (unpaired) electrons. The number of fused-ring (bicyclic) bond motifs is 2. The SMILES string of the molecule is CNCCCN1CCC(n2cc3c(nc2=O)Nc2cc(C4CCN(S(=O)(=O)C5CC5)CC4)ccc2O3)CC1. The Morgan fingerprint density at radius 2 is 1.82 bits per heavy atom. The molecule has 0 bridgehead atoms. The van der Waals surface area contributed by atoms with E-state index in [1.165, 1.54) is 0 Å². The van der Waals surface area contributed by atoms with Crippen molar-refractivity contribution in [1.29, 1.82) is 0 Å². The van der Waals surface area contributed by atoms with Crippen molar-refractivity contribution < 1.29 is 13.2 Å². The van der Waals surface area contributed by atoms with Crippen molar-refractivity contribution in [2.45, 2.75) is 62.2 Å². The number of hydrogen-bond donors (Lipinski definition) is 2. The number of rotatable bonds is 8. The van der Waals surface area contributed by atoms with Gasteiger partial charge in [-0.05, 0) is 88.7 Å². The van der Waals surface area contributed by atoms with Crippen molar-refractivity contribution in [2.75, 3.05) is 51.6 Å². The zero-order valence-electron chi connectivity index (χ0n) is 22.1. The van der Waals surface area contributed by atoms with Gasteiger partial charge in [-0.2, -0.15) is 4.98 Å². The van der Waals surface area contributed by atoms with Crippen LogP contribution in [0.5, 0.6) is 11.5 Å². The highest BCUT2D eigenvalue weighted by atomic mass is 32.2. The van der Waals surface area contributed by atoms with E-state index in [9.17, 15) is 13.2 Å². The number of sulfonamides is 1. The van der Waals surface area contributed by atoms with Crippen LogP contribution >= 0.6 is 0 Å². The molecule has 0 unspecified atom stereocenters. The highest BCUT2D eigenvalue weighted by Crippen LogP contribution is 2.43. The van der Waals surface area contributed by atoms with E-state index in [4.69, 9.17) is 4.74 Å². The molecule has 1 aromatic carbocycles. The van der Waals surface area contributed by atoms with Crippen molar-refractivity contribution >= 4 is 21.5 Å². The molecule has 2 N–H and O–H groups in total. The largest absolute Gasteiger partial charge is 0.450 e. The van der Waals surface area contributed by atoms with Crippen LogP contribution in [0, 0.1) is 0 Å². The second kappa shape index (κ2) is 10.6. The van der Waals surface area contributed by atoms with Crippen LogP contribution in [0.25, 0.3) is 0 Å². The fourth-order valence-electron chi connectivity index (χ4n) is 6.03. The van der Waals surface area contributed by atoms with Crippen LogP contribution in [-0.2, 0) is 10.0 Å². The number of aromatic nitrogens is 2. The number of hydrogen-bond acceptors (Lipinski definition) is 8. The Labute approximate surface area is 224 Å². The summed E-state index contributed by atoms with van der Waals surface area (Å²) in [6.07, 6.45) is 8.00. The molecule has 3 aliphatic heterocycles. The van der Waals surface area contributed by atoms with Crippen LogP contribution in [0.15, 0.2) is 29.2 Å². The molecule has 38 heavy (non-hydrogen) atoms. The topological polar surface area (TPSA) is 109 Å². The minimum atomic E-state index is -3.11. The lowest BCUT2D eigenvalue weighted by molar-refractivity contribution is 0.182. The van der Waals surface area contributed by atoms with E-state index < -0.39 is 10.0 Å². The Bertz CT molecular complexity index is 1330. The summed E-state index contributed by atoms with van der Waals surface area (Å²) in [5.74, 6) is 2.02. The maximum absolute atomic E-state index is 13.0.